The first-order chi connectivity index (χ1) is 9.19. The van der Waals surface area contributed by atoms with Gasteiger partial charge >= 0.3 is 5.97 Å². The molecule has 0 aromatic rings. The second-order valence-electron chi connectivity index (χ2n) is 6.41. The van der Waals surface area contributed by atoms with Crippen molar-refractivity contribution < 1.29 is 19.5 Å². The Morgan fingerprint density at radius 2 is 1.75 bits per heavy atom. The maximum atomic E-state index is 12.0. The van der Waals surface area contributed by atoms with Crippen molar-refractivity contribution in [2.75, 3.05) is 6.54 Å². The molecule has 1 aliphatic carbocycles. The largest absolute Gasteiger partial charge is 0.481 e. The van der Waals surface area contributed by atoms with Gasteiger partial charge in [0.05, 0.1) is 12.5 Å². The highest BCUT2D eigenvalue weighted by Gasteiger charge is 2.31. The highest BCUT2D eigenvalue weighted by atomic mass is 16.4. The number of hydrogen-bond acceptors (Lipinski definition) is 3. The van der Waals surface area contributed by atoms with Crippen molar-refractivity contribution in [3.05, 3.63) is 0 Å². The molecule has 0 aliphatic heterocycles. The third-order valence-electron chi connectivity index (χ3n) is 3.33. The van der Waals surface area contributed by atoms with Gasteiger partial charge in [-0.3, -0.25) is 14.4 Å². The van der Waals surface area contributed by atoms with Gasteiger partial charge < -0.3 is 15.7 Å². The Bertz CT molecular complexity index is 387. The fourth-order valence-electron chi connectivity index (χ4n) is 2.43. The van der Waals surface area contributed by atoms with Crippen LogP contribution in [0.5, 0.6) is 0 Å². The number of carboxylic acid groups (broad SMARTS) is 1. The smallest absolute Gasteiger partial charge is 0.306 e. The molecule has 2 amide bonds. The van der Waals surface area contributed by atoms with E-state index in [0.29, 0.717) is 19.3 Å². The Kier molecular flexibility index (Phi) is 5.53. The summed E-state index contributed by atoms with van der Waals surface area (Å²) in [7, 11) is 0. The van der Waals surface area contributed by atoms with E-state index in [9.17, 15) is 14.4 Å². The van der Waals surface area contributed by atoms with Crippen LogP contribution in [0.2, 0.25) is 0 Å². The van der Waals surface area contributed by atoms with Gasteiger partial charge in [0.15, 0.2) is 0 Å². The van der Waals surface area contributed by atoms with E-state index in [1.807, 2.05) is 20.8 Å². The molecule has 6 heteroatoms. The summed E-state index contributed by atoms with van der Waals surface area (Å²) in [6.07, 6.45) is 2.42. The molecule has 0 aromatic carbocycles. The average molecular weight is 284 g/mol. The van der Waals surface area contributed by atoms with Crippen LogP contribution in [0.1, 0.15) is 46.5 Å². The standard InChI is InChI=1S/C14H24N2O4/c1-14(2,3)16-11(17)8-15-12(18)9-5-4-6-10(7-9)13(19)20/h9-10H,4-8H2,1-3H3,(H,15,18)(H,16,17)(H,19,20)/t9-,10+/m1/s1. The first-order valence-electron chi connectivity index (χ1n) is 7.00. The quantitative estimate of drug-likeness (QED) is 0.715. The van der Waals surface area contributed by atoms with E-state index in [1.165, 1.54) is 0 Å². The monoisotopic (exact) mass is 284 g/mol. The minimum Gasteiger partial charge on any atom is -0.481 e. The highest BCUT2D eigenvalue weighted by molar-refractivity contribution is 5.86. The average Bonchev–Trinajstić information content (AvgIpc) is 2.34. The lowest BCUT2D eigenvalue weighted by molar-refractivity contribution is -0.144. The van der Waals surface area contributed by atoms with Crippen LogP contribution >= 0.6 is 0 Å². The van der Waals surface area contributed by atoms with Crippen LogP contribution in [0, 0.1) is 11.8 Å². The van der Waals surface area contributed by atoms with Crippen molar-refractivity contribution in [3.8, 4) is 0 Å². The molecule has 0 aromatic heterocycles. The summed E-state index contributed by atoms with van der Waals surface area (Å²) in [5, 5.41) is 14.3. The molecule has 1 aliphatic rings. The molecular weight excluding hydrogens is 260 g/mol. The zero-order valence-electron chi connectivity index (χ0n) is 12.4. The fourth-order valence-corrected chi connectivity index (χ4v) is 2.43. The van der Waals surface area contributed by atoms with Gasteiger partial charge in [-0.05, 0) is 40.0 Å². The zero-order chi connectivity index (χ0) is 15.3. The predicted octanol–water partition coefficient (Wildman–Crippen LogP) is 0.908. The van der Waals surface area contributed by atoms with Crippen molar-refractivity contribution in [1.29, 1.82) is 0 Å². The normalized spacial score (nSPS) is 22.9. The molecule has 1 fully saturated rings. The van der Waals surface area contributed by atoms with Gasteiger partial charge in [0.1, 0.15) is 0 Å². The van der Waals surface area contributed by atoms with Gasteiger partial charge in [-0.15, -0.1) is 0 Å². The lowest BCUT2D eigenvalue weighted by Gasteiger charge is -2.26. The van der Waals surface area contributed by atoms with Crippen molar-refractivity contribution in [3.63, 3.8) is 0 Å². The number of rotatable bonds is 4. The number of aliphatic carboxylic acids is 1. The summed E-state index contributed by atoms with van der Waals surface area (Å²) in [5.41, 5.74) is -0.332. The van der Waals surface area contributed by atoms with Gasteiger partial charge in [0, 0.05) is 11.5 Å². The lowest BCUT2D eigenvalue weighted by Crippen LogP contribution is -2.47. The van der Waals surface area contributed by atoms with Crippen LogP contribution in [0.4, 0.5) is 0 Å². The van der Waals surface area contributed by atoms with Crippen molar-refractivity contribution >= 4 is 17.8 Å². The van der Waals surface area contributed by atoms with E-state index in [4.69, 9.17) is 5.11 Å². The molecule has 0 saturated heterocycles. The molecule has 6 nitrogen and oxygen atoms in total. The Hall–Kier alpha value is -1.59. The minimum absolute atomic E-state index is 0.0651. The van der Waals surface area contributed by atoms with Crippen molar-refractivity contribution in [1.82, 2.24) is 10.6 Å². The Morgan fingerprint density at radius 3 is 2.30 bits per heavy atom. The predicted molar refractivity (Wildman–Crippen MR) is 74.0 cm³/mol. The molecule has 1 rings (SSSR count). The number of carbonyl (C=O) groups excluding carboxylic acids is 2. The molecular formula is C14H24N2O4. The van der Waals surface area contributed by atoms with Gasteiger partial charge in [-0.25, -0.2) is 0 Å². The molecule has 0 heterocycles. The van der Waals surface area contributed by atoms with E-state index in [0.717, 1.165) is 6.42 Å². The molecule has 0 spiro atoms. The van der Waals surface area contributed by atoms with Gasteiger partial charge in [-0.1, -0.05) is 6.42 Å². The van der Waals surface area contributed by atoms with E-state index in [-0.39, 0.29) is 29.8 Å². The SMILES string of the molecule is CC(C)(C)NC(=O)CNC(=O)[C@@H]1CCC[C@H](C(=O)O)C1. The molecule has 3 N–H and O–H groups in total. The third kappa shape index (κ3) is 5.59. The van der Waals surface area contributed by atoms with Crippen LogP contribution in [-0.2, 0) is 14.4 Å². The lowest BCUT2D eigenvalue weighted by atomic mass is 9.81. The summed E-state index contributed by atoms with van der Waals surface area (Å²) in [6, 6.07) is 0. The van der Waals surface area contributed by atoms with E-state index < -0.39 is 11.9 Å². The number of carboxylic acids is 1. The molecule has 0 bridgehead atoms. The Balaban J connectivity index is 2.39. The van der Waals surface area contributed by atoms with Crippen molar-refractivity contribution in [2.24, 2.45) is 11.8 Å². The first-order valence-corrected chi connectivity index (χ1v) is 7.00. The van der Waals surface area contributed by atoms with E-state index in [2.05, 4.69) is 10.6 Å². The van der Waals surface area contributed by atoms with Crippen LogP contribution in [0.25, 0.3) is 0 Å². The number of carbonyl (C=O) groups is 3. The number of amides is 2. The van der Waals surface area contributed by atoms with Crippen LogP contribution in [-0.4, -0.2) is 35.0 Å². The van der Waals surface area contributed by atoms with Gasteiger partial charge in [0.25, 0.3) is 0 Å². The highest BCUT2D eigenvalue weighted by Crippen LogP contribution is 2.29. The van der Waals surface area contributed by atoms with E-state index >= 15 is 0 Å². The maximum absolute atomic E-state index is 12.0. The minimum atomic E-state index is -0.840. The summed E-state index contributed by atoms with van der Waals surface area (Å²) in [6.45, 7) is 5.53. The number of nitrogens with one attached hydrogen (secondary N) is 2. The topological polar surface area (TPSA) is 95.5 Å². The molecule has 0 radical (unpaired) electrons. The zero-order valence-corrected chi connectivity index (χ0v) is 12.4. The fraction of sp³-hybridized carbons (Fsp3) is 0.786. The van der Waals surface area contributed by atoms with Crippen molar-refractivity contribution in [2.45, 2.75) is 52.0 Å². The van der Waals surface area contributed by atoms with Crippen LogP contribution in [0.15, 0.2) is 0 Å². The van der Waals surface area contributed by atoms with Crippen LogP contribution in [0.3, 0.4) is 0 Å². The summed E-state index contributed by atoms with van der Waals surface area (Å²) in [4.78, 5) is 34.5. The van der Waals surface area contributed by atoms with E-state index in [1.54, 1.807) is 0 Å². The van der Waals surface area contributed by atoms with Crippen LogP contribution < -0.4 is 10.6 Å². The number of hydrogen-bond donors (Lipinski definition) is 3. The summed E-state index contributed by atoms with van der Waals surface area (Å²) >= 11 is 0. The summed E-state index contributed by atoms with van der Waals surface area (Å²) < 4.78 is 0. The van der Waals surface area contributed by atoms with Gasteiger partial charge in [-0.2, -0.15) is 0 Å². The maximum Gasteiger partial charge on any atom is 0.306 e. The Morgan fingerprint density at radius 1 is 1.15 bits per heavy atom. The second-order valence-corrected chi connectivity index (χ2v) is 6.41. The third-order valence-corrected chi connectivity index (χ3v) is 3.33. The molecule has 20 heavy (non-hydrogen) atoms. The second kappa shape index (κ2) is 6.72. The Labute approximate surface area is 119 Å². The molecule has 2 atom stereocenters. The van der Waals surface area contributed by atoms with Gasteiger partial charge in [0.2, 0.25) is 11.8 Å². The first kappa shape index (κ1) is 16.5. The summed E-state index contributed by atoms with van der Waals surface area (Å²) in [5.74, 6) is -2.04. The molecule has 1 saturated carbocycles. The molecule has 0 unspecified atom stereocenters. The molecule has 114 valence electrons.